The molecule has 0 bridgehead atoms. The number of nitrogens with one attached hydrogen (secondary N) is 1. The molecule has 0 radical (unpaired) electrons. The van der Waals surface area contributed by atoms with Gasteiger partial charge in [-0.1, -0.05) is 0 Å². The fourth-order valence-corrected chi connectivity index (χ4v) is 1.52. The molecular weight excluding hydrogens is 246 g/mol. The molecule has 1 aromatic rings. The number of hydrogen-bond acceptors (Lipinski definition) is 3. The Labute approximate surface area is 112 Å². The third kappa shape index (κ3) is 3.67. The molecule has 6 heteroatoms. The average Bonchev–Trinajstić information content (AvgIpc) is 2.39. The molecule has 1 N–H and O–H groups in total. The highest BCUT2D eigenvalue weighted by Crippen LogP contribution is 1.97. The SMILES string of the molecule is CCN(C)C(=O)C(C)NC(=O)c1ccn(C)c(=O)c1. The van der Waals surface area contributed by atoms with Crippen LogP contribution in [-0.2, 0) is 11.8 Å². The summed E-state index contributed by atoms with van der Waals surface area (Å²) >= 11 is 0. The van der Waals surface area contributed by atoms with Crippen LogP contribution in [0.5, 0.6) is 0 Å². The molecule has 19 heavy (non-hydrogen) atoms. The molecule has 0 spiro atoms. The van der Waals surface area contributed by atoms with Gasteiger partial charge in [-0.05, 0) is 19.9 Å². The Hall–Kier alpha value is -2.11. The number of carbonyl (C=O) groups is 2. The highest BCUT2D eigenvalue weighted by atomic mass is 16.2. The molecule has 1 aromatic heterocycles. The lowest BCUT2D eigenvalue weighted by molar-refractivity contribution is -0.131. The lowest BCUT2D eigenvalue weighted by Gasteiger charge is -2.20. The van der Waals surface area contributed by atoms with E-state index in [0.717, 1.165) is 0 Å². The van der Waals surface area contributed by atoms with E-state index < -0.39 is 11.9 Å². The third-order valence-electron chi connectivity index (χ3n) is 2.94. The van der Waals surface area contributed by atoms with Gasteiger partial charge in [0.1, 0.15) is 6.04 Å². The molecule has 1 atom stereocenters. The summed E-state index contributed by atoms with van der Waals surface area (Å²) in [7, 11) is 3.27. The van der Waals surface area contributed by atoms with Gasteiger partial charge in [-0.15, -0.1) is 0 Å². The van der Waals surface area contributed by atoms with Gasteiger partial charge in [0.2, 0.25) is 5.91 Å². The van der Waals surface area contributed by atoms with Crippen LogP contribution in [-0.4, -0.2) is 40.9 Å². The van der Waals surface area contributed by atoms with E-state index in [1.807, 2.05) is 6.92 Å². The lowest BCUT2D eigenvalue weighted by atomic mass is 10.2. The van der Waals surface area contributed by atoms with Gasteiger partial charge in [0, 0.05) is 38.5 Å². The second-order valence-electron chi connectivity index (χ2n) is 4.41. The van der Waals surface area contributed by atoms with Crippen molar-refractivity contribution >= 4 is 11.8 Å². The molecule has 0 aliphatic carbocycles. The predicted octanol–water partition coefficient (Wildman–Crippen LogP) is -0.0181. The molecule has 6 nitrogen and oxygen atoms in total. The molecule has 1 heterocycles. The molecule has 1 unspecified atom stereocenters. The first-order valence-corrected chi connectivity index (χ1v) is 6.09. The second-order valence-corrected chi connectivity index (χ2v) is 4.41. The van der Waals surface area contributed by atoms with Crippen LogP contribution in [0.15, 0.2) is 23.1 Å². The second kappa shape index (κ2) is 6.17. The zero-order valence-electron chi connectivity index (χ0n) is 11.6. The molecule has 104 valence electrons. The molecule has 0 aromatic carbocycles. The van der Waals surface area contributed by atoms with E-state index in [4.69, 9.17) is 0 Å². The van der Waals surface area contributed by atoms with Gasteiger partial charge in [-0.25, -0.2) is 0 Å². The van der Waals surface area contributed by atoms with Gasteiger partial charge in [0.05, 0.1) is 0 Å². The number of carbonyl (C=O) groups excluding carboxylic acids is 2. The molecule has 0 saturated carbocycles. The zero-order chi connectivity index (χ0) is 14.6. The van der Waals surface area contributed by atoms with Crippen molar-refractivity contribution in [1.29, 1.82) is 0 Å². The van der Waals surface area contributed by atoms with E-state index in [-0.39, 0.29) is 17.0 Å². The Bertz CT molecular complexity index is 536. The van der Waals surface area contributed by atoms with E-state index in [0.29, 0.717) is 6.54 Å². The van der Waals surface area contributed by atoms with Gasteiger partial charge in [-0.2, -0.15) is 0 Å². The number of aryl methyl sites for hydroxylation is 1. The quantitative estimate of drug-likeness (QED) is 0.831. The topological polar surface area (TPSA) is 71.4 Å². The first-order valence-electron chi connectivity index (χ1n) is 6.09. The monoisotopic (exact) mass is 265 g/mol. The normalized spacial score (nSPS) is 11.8. The minimum Gasteiger partial charge on any atom is -0.344 e. The number of amides is 2. The highest BCUT2D eigenvalue weighted by molar-refractivity contribution is 5.97. The standard InChI is InChI=1S/C13H19N3O3/c1-5-15(3)13(19)9(2)14-12(18)10-6-7-16(4)11(17)8-10/h6-9H,5H2,1-4H3,(H,14,18). The molecule has 1 rings (SSSR count). The molecule has 0 saturated heterocycles. The number of likely N-dealkylation sites (N-methyl/N-ethyl adjacent to an activating group) is 1. The Morgan fingerprint density at radius 1 is 1.47 bits per heavy atom. The Morgan fingerprint density at radius 2 is 2.11 bits per heavy atom. The molecular formula is C13H19N3O3. The Morgan fingerprint density at radius 3 is 2.63 bits per heavy atom. The van der Waals surface area contributed by atoms with E-state index in [2.05, 4.69) is 5.32 Å². The summed E-state index contributed by atoms with van der Waals surface area (Å²) in [5.41, 5.74) is -0.0146. The third-order valence-corrected chi connectivity index (χ3v) is 2.94. The maximum absolute atomic E-state index is 11.9. The minimum absolute atomic E-state index is 0.167. The van der Waals surface area contributed by atoms with Crippen molar-refractivity contribution in [3.8, 4) is 0 Å². The van der Waals surface area contributed by atoms with Gasteiger partial charge >= 0.3 is 0 Å². The van der Waals surface area contributed by atoms with Crippen LogP contribution in [0.1, 0.15) is 24.2 Å². The van der Waals surface area contributed by atoms with Crippen LogP contribution >= 0.6 is 0 Å². The van der Waals surface area contributed by atoms with Gasteiger partial charge < -0.3 is 14.8 Å². The van der Waals surface area contributed by atoms with Crippen LogP contribution in [0, 0.1) is 0 Å². The maximum atomic E-state index is 11.9. The van der Waals surface area contributed by atoms with Crippen molar-refractivity contribution in [1.82, 2.24) is 14.8 Å². The van der Waals surface area contributed by atoms with Crippen LogP contribution in [0.3, 0.4) is 0 Å². The maximum Gasteiger partial charge on any atom is 0.252 e. The number of pyridine rings is 1. The number of nitrogens with zero attached hydrogens (tertiary/aromatic N) is 2. The zero-order valence-corrected chi connectivity index (χ0v) is 11.6. The van der Waals surface area contributed by atoms with Crippen molar-refractivity contribution in [3.63, 3.8) is 0 Å². The van der Waals surface area contributed by atoms with Crippen molar-refractivity contribution in [2.24, 2.45) is 7.05 Å². The Kier molecular flexibility index (Phi) is 4.86. The van der Waals surface area contributed by atoms with Crippen LogP contribution in [0.2, 0.25) is 0 Å². The summed E-state index contributed by atoms with van der Waals surface area (Å²) in [6, 6.07) is 2.16. The van der Waals surface area contributed by atoms with Crippen LogP contribution < -0.4 is 10.9 Å². The highest BCUT2D eigenvalue weighted by Gasteiger charge is 2.19. The van der Waals surface area contributed by atoms with Crippen LogP contribution in [0.4, 0.5) is 0 Å². The number of aromatic nitrogens is 1. The predicted molar refractivity (Wildman–Crippen MR) is 71.9 cm³/mol. The fraction of sp³-hybridized carbons (Fsp3) is 0.462. The van der Waals surface area contributed by atoms with Gasteiger partial charge in [-0.3, -0.25) is 14.4 Å². The van der Waals surface area contributed by atoms with Crippen LogP contribution in [0.25, 0.3) is 0 Å². The first-order chi connectivity index (χ1) is 8.86. The average molecular weight is 265 g/mol. The van der Waals surface area contributed by atoms with Gasteiger partial charge in [0.15, 0.2) is 0 Å². The molecule has 0 fully saturated rings. The van der Waals surface area contributed by atoms with Crippen molar-refractivity contribution in [3.05, 3.63) is 34.2 Å². The summed E-state index contributed by atoms with van der Waals surface area (Å²) in [5.74, 6) is -0.595. The van der Waals surface area contributed by atoms with Crippen molar-refractivity contribution < 1.29 is 9.59 Å². The van der Waals surface area contributed by atoms with Gasteiger partial charge in [0.25, 0.3) is 11.5 Å². The first kappa shape index (κ1) is 14.9. The lowest BCUT2D eigenvalue weighted by Crippen LogP contribution is -2.45. The van der Waals surface area contributed by atoms with E-state index in [1.165, 1.54) is 27.8 Å². The largest absolute Gasteiger partial charge is 0.344 e. The fourth-order valence-electron chi connectivity index (χ4n) is 1.52. The van der Waals surface area contributed by atoms with E-state index >= 15 is 0 Å². The van der Waals surface area contributed by atoms with Crippen molar-refractivity contribution in [2.45, 2.75) is 19.9 Å². The molecule has 2 amide bonds. The van der Waals surface area contributed by atoms with E-state index in [9.17, 15) is 14.4 Å². The summed E-state index contributed by atoms with van der Waals surface area (Å²) < 4.78 is 1.37. The van der Waals surface area contributed by atoms with Crippen molar-refractivity contribution in [2.75, 3.05) is 13.6 Å². The number of hydrogen-bond donors (Lipinski definition) is 1. The summed E-state index contributed by atoms with van der Waals surface area (Å²) in [4.78, 5) is 36.7. The molecule has 0 aliphatic rings. The minimum atomic E-state index is -0.624. The summed E-state index contributed by atoms with van der Waals surface area (Å²) in [5, 5.41) is 2.58. The summed E-state index contributed by atoms with van der Waals surface area (Å²) in [6.45, 7) is 4.05. The van der Waals surface area contributed by atoms with E-state index in [1.54, 1.807) is 21.0 Å². The molecule has 0 aliphatic heterocycles. The smallest absolute Gasteiger partial charge is 0.252 e. The Balaban J connectivity index is 2.77. The number of rotatable bonds is 4. The summed E-state index contributed by atoms with van der Waals surface area (Å²) in [6.07, 6.45) is 1.52.